The van der Waals surface area contributed by atoms with Crippen LogP contribution in [0, 0.1) is 6.92 Å². The molecule has 0 atom stereocenters. The molecule has 5 aromatic rings. The van der Waals surface area contributed by atoms with E-state index >= 15 is 0 Å². The lowest BCUT2D eigenvalue weighted by atomic mass is 10.1. The average molecular weight is 378 g/mol. The first-order chi connectivity index (χ1) is 14.3. The van der Waals surface area contributed by atoms with Crippen molar-refractivity contribution in [2.24, 2.45) is 10.2 Å². The molecular formula is C23H18N6. The van der Waals surface area contributed by atoms with Crippen LogP contribution in [-0.4, -0.2) is 15.0 Å². The lowest BCUT2D eigenvalue weighted by Crippen LogP contribution is -1.95. The first-order valence-electron chi connectivity index (χ1n) is 9.33. The van der Waals surface area contributed by atoms with Gasteiger partial charge in [-0.15, -0.1) is 0 Å². The number of H-pyrrole nitrogens is 1. The van der Waals surface area contributed by atoms with Crippen molar-refractivity contribution in [3.63, 3.8) is 0 Å². The Kier molecular flexibility index (Phi) is 4.22. The summed E-state index contributed by atoms with van der Waals surface area (Å²) in [5.41, 5.74) is 7.36. The number of anilines is 2. The number of hydrogen-bond acceptors (Lipinski definition) is 5. The number of imidazole rings is 1. The highest BCUT2D eigenvalue weighted by atomic mass is 15.1. The van der Waals surface area contributed by atoms with E-state index in [4.69, 9.17) is 0 Å². The molecule has 0 aliphatic rings. The van der Waals surface area contributed by atoms with Crippen LogP contribution < -0.4 is 5.32 Å². The summed E-state index contributed by atoms with van der Waals surface area (Å²) in [7, 11) is 0. The molecule has 140 valence electrons. The van der Waals surface area contributed by atoms with Gasteiger partial charge in [0.05, 0.1) is 39.9 Å². The molecule has 2 aromatic heterocycles. The maximum Gasteiger partial charge on any atom is 0.0932 e. The van der Waals surface area contributed by atoms with Crippen LogP contribution in [0.2, 0.25) is 0 Å². The second-order valence-electron chi connectivity index (χ2n) is 6.77. The zero-order valence-corrected chi connectivity index (χ0v) is 15.8. The second kappa shape index (κ2) is 7.16. The zero-order valence-electron chi connectivity index (χ0n) is 15.8. The van der Waals surface area contributed by atoms with E-state index in [1.165, 1.54) is 0 Å². The van der Waals surface area contributed by atoms with E-state index < -0.39 is 0 Å². The summed E-state index contributed by atoms with van der Waals surface area (Å²) in [6, 6.07) is 23.6. The van der Waals surface area contributed by atoms with Gasteiger partial charge < -0.3 is 10.3 Å². The lowest BCUT2D eigenvalue weighted by Gasteiger charge is -2.11. The van der Waals surface area contributed by atoms with Crippen LogP contribution in [0.25, 0.3) is 21.9 Å². The topological polar surface area (TPSA) is 78.3 Å². The van der Waals surface area contributed by atoms with Gasteiger partial charge in [-0.25, -0.2) is 4.98 Å². The summed E-state index contributed by atoms with van der Waals surface area (Å²) in [5.74, 6) is 0. The van der Waals surface area contributed by atoms with E-state index in [0.29, 0.717) is 0 Å². The lowest BCUT2D eigenvalue weighted by molar-refractivity contribution is 1.23. The van der Waals surface area contributed by atoms with Crippen molar-refractivity contribution in [2.45, 2.75) is 6.92 Å². The molecular weight excluding hydrogens is 360 g/mol. The molecule has 29 heavy (non-hydrogen) atoms. The highest BCUT2D eigenvalue weighted by Crippen LogP contribution is 2.32. The summed E-state index contributed by atoms with van der Waals surface area (Å²) >= 11 is 0. The number of aromatic amines is 1. The molecule has 0 fully saturated rings. The third-order valence-electron chi connectivity index (χ3n) is 4.68. The Labute approximate surface area is 167 Å². The Morgan fingerprint density at radius 2 is 1.55 bits per heavy atom. The molecule has 0 saturated carbocycles. The zero-order chi connectivity index (χ0) is 19.6. The van der Waals surface area contributed by atoms with Gasteiger partial charge in [-0.2, -0.15) is 10.2 Å². The third kappa shape index (κ3) is 3.43. The largest absolute Gasteiger partial charge is 0.355 e. The molecule has 0 saturated heterocycles. The molecule has 3 aromatic carbocycles. The molecule has 0 spiro atoms. The van der Waals surface area contributed by atoms with Gasteiger partial charge in [-0.05, 0) is 61.5 Å². The summed E-state index contributed by atoms with van der Waals surface area (Å²) < 4.78 is 0. The van der Waals surface area contributed by atoms with Gasteiger partial charge in [0.2, 0.25) is 0 Å². The van der Waals surface area contributed by atoms with Gasteiger partial charge in [-0.3, -0.25) is 4.98 Å². The number of rotatable bonds is 4. The molecule has 2 heterocycles. The Hall–Kier alpha value is -4.06. The van der Waals surface area contributed by atoms with Crippen molar-refractivity contribution in [2.75, 3.05) is 5.32 Å². The first-order valence-corrected chi connectivity index (χ1v) is 9.33. The van der Waals surface area contributed by atoms with Crippen molar-refractivity contribution in [3.8, 4) is 0 Å². The smallest absolute Gasteiger partial charge is 0.0932 e. The summed E-state index contributed by atoms with van der Waals surface area (Å²) in [5, 5.41) is 13.1. The number of benzene rings is 3. The van der Waals surface area contributed by atoms with Crippen LogP contribution in [0.15, 0.2) is 89.4 Å². The molecule has 0 amide bonds. The monoisotopic (exact) mass is 378 g/mol. The van der Waals surface area contributed by atoms with Gasteiger partial charge in [0.1, 0.15) is 0 Å². The minimum absolute atomic E-state index is 0.797. The van der Waals surface area contributed by atoms with Crippen molar-refractivity contribution < 1.29 is 0 Å². The molecule has 0 radical (unpaired) electrons. The van der Waals surface area contributed by atoms with Gasteiger partial charge in [0.25, 0.3) is 0 Å². The minimum Gasteiger partial charge on any atom is -0.355 e. The highest BCUT2D eigenvalue weighted by molar-refractivity contribution is 6.10. The highest BCUT2D eigenvalue weighted by Gasteiger charge is 2.10. The summed E-state index contributed by atoms with van der Waals surface area (Å²) in [4.78, 5) is 12.3. The van der Waals surface area contributed by atoms with E-state index in [9.17, 15) is 0 Å². The molecule has 0 aliphatic carbocycles. The van der Waals surface area contributed by atoms with Crippen molar-refractivity contribution in [3.05, 3.63) is 84.8 Å². The predicted octanol–water partition coefficient (Wildman–Crippen LogP) is 6.58. The fourth-order valence-corrected chi connectivity index (χ4v) is 3.35. The first kappa shape index (κ1) is 17.1. The van der Waals surface area contributed by atoms with Gasteiger partial charge in [-0.1, -0.05) is 18.2 Å². The predicted molar refractivity (Wildman–Crippen MR) is 116 cm³/mol. The molecule has 6 nitrogen and oxygen atoms in total. The van der Waals surface area contributed by atoms with Gasteiger partial charge in [0, 0.05) is 16.8 Å². The summed E-state index contributed by atoms with van der Waals surface area (Å²) in [6.45, 7) is 1.99. The van der Waals surface area contributed by atoms with Crippen LogP contribution in [0.3, 0.4) is 0 Å². The number of aromatic nitrogens is 3. The number of azo groups is 1. The van der Waals surface area contributed by atoms with Crippen LogP contribution >= 0.6 is 0 Å². The van der Waals surface area contributed by atoms with Crippen LogP contribution in [0.4, 0.5) is 22.7 Å². The standard InChI is InChI=1S/C23H18N6/c1-15-13-21(22-19(26-15)11-12-20-23(22)25-14-24-20)27-16-7-9-18(10-8-16)29-28-17-5-3-2-4-6-17/h2-14H,1H3,(H,24,25)(H,26,27)/b29-28+. The number of pyridine rings is 1. The van der Waals surface area contributed by atoms with E-state index in [0.717, 1.165) is 50.4 Å². The van der Waals surface area contributed by atoms with Crippen LogP contribution in [-0.2, 0) is 0 Å². The molecule has 2 N–H and O–H groups in total. The minimum atomic E-state index is 0.797. The van der Waals surface area contributed by atoms with Crippen molar-refractivity contribution >= 4 is 44.7 Å². The molecule has 0 unspecified atom stereocenters. The maximum absolute atomic E-state index is 4.66. The Balaban J connectivity index is 1.46. The second-order valence-corrected chi connectivity index (χ2v) is 6.77. The third-order valence-corrected chi connectivity index (χ3v) is 4.68. The summed E-state index contributed by atoms with van der Waals surface area (Å²) in [6.07, 6.45) is 1.71. The molecule has 5 rings (SSSR count). The molecule has 0 aliphatic heterocycles. The van der Waals surface area contributed by atoms with Crippen LogP contribution in [0.1, 0.15) is 5.69 Å². The Bertz CT molecular complexity index is 1320. The fourth-order valence-electron chi connectivity index (χ4n) is 3.35. The Morgan fingerprint density at radius 3 is 2.34 bits per heavy atom. The SMILES string of the molecule is Cc1cc(Nc2ccc(/N=N/c3ccccc3)cc2)c2c(ccc3nc[nH]c32)n1. The fraction of sp³-hybridized carbons (Fsp3) is 0.0435. The normalized spacial score (nSPS) is 11.5. The molecule has 0 bridgehead atoms. The van der Waals surface area contributed by atoms with Gasteiger partial charge in [0.15, 0.2) is 0 Å². The number of nitrogens with one attached hydrogen (secondary N) is 2. The van der Waals surface area contributed by atoms with Gasteiger partial charge >= 0.3 is 0 Å². The van der Waals surface area contributed by atoms with E-state index in [1.54, 1.807) is 6.33 Å². The quantitative estimate of drug-likeness (QED) is 0.347. The van der Waals surface area contributed by atoms with E-state index in [1.807, 2.05) is 79.7 Å². The Morgan fingerprint density at radius 1 is 0.828 bits per heavy atom. The maximum atomic E-state index is 4.66. The number of nitrogens with zero attached hydrogens (tertiary/aromatic N) is 4. The van der Waals surface area contributed by atoms with Crippen molar-refractivity contribution in [1.29, 1.82) is 0 Å². The van der Waals surface area contributed by atoms with E-state index in [2.05, 4.69) is 30.5 Å². The molecule has 6 heteroatoms. The number of fused-ring (bicyclic) bond motifs is 3. The number of aryl methyl sites for hydroxylation is 1. The van der Waals surface area contributed by atoms with Crippen LogP contribution in [0.5, 0.6) is 0 Å². The number of hydrogen-bond donors (Lipinski definition) is 2. The van der Waals surface area contributed by atoms with E-state index in [-0.39, 0.29) is 0 Å². The average Bonchev–Trinajstić information content (AvgIpc) is 3.22. The van der Waals surface area contributed by atoms with Crippen molar-refractivity contribution in [1.82, 2.24) is 15.0 Å².